The molecule has 7 heteroatoms. The molecule has 1 heterocycles. The molecule has 35 heavy (non-hydrogen) atoms. The van der Waals surface area contributed by atoms with E-state index < -0.39 is 31.8 Å². The Balaban J connectivity index is 1.77. The number of hydrogen-bond acceptors (Lipinski definition) is 5. The summed E-state index contributed by atoms with van der Waals surface area (Å²) in [7, 11) is -2.84. The number of ketones is 1. The van der Waals surface area contributed by atoms with E-state index in [9.17, 15) is 14.4 Å². The summed E-state index contributed by atoms with van der Waals surface area (Å²) in [5.74, 6) is -1.48. The van der Waals surface area contributed by atoms with Crippen LogP contribution < -0.4 is 15.7 Å². The second-order valence-corrected chi connectivity index (χ2v) is 15.5. The first-order valence-electron chi connectivity index (χ1n) is 12.1. The third kappa shape index (κ3) is 6.27. The Kier molecular flexibility index (Phi) is 8.02. The third-order valence-corrected chi connectivity index (χ3v) is 11.2. The van der Waals surface area contributed by atoms with Gasteiger partial charge in [0, 0.05) is 12.3 Å². The summed E-state index contributed by atoms with van der Waals surface area (Å²) in [5, 5.41) is 4.62. The summed E-state index contributed by atoms with van der Waals surface area (Å²) in [5.41, 5.74) is -0.640. The van der Waals surface area contributed by atoms with E-state index >= 15 is 0 Å². The van der Waals surface area contributed by atoms with Gasteiger partial charge in [-0.3, -0.25) is 9.59 Å². The molecule has 1 amide bonds. The van der Waals surface area contributed by atoms with E-state index in [4.69, 9.17) is 9.16 Å². The summed E-state index contributed by atoms with van der Waals surface area (Å²) in [6, 6.07) is 19.5. The van der Waals surface area contributed by atoms with Gasteiger partial charge in [0.1, 0.15) is 11.6 Å². The van der Waals surface area contributed by atoms with Crippen molar-refractivity contribution in [3.05, 3.63) is 60.7 Å². The molecule has 0 spiro atoms. The van der Waals surface area contributed by atoms with Crippen LogP contribution in [0, 0.1) is 5.92 Å². The lowest BCUT2D eigenvalue weighted by Crippen LogP contribution is -2.67. The van der Waals surface area contributed by atoms with Crippen molar-refractivity contribution in [1.29, 1.82) is 0 Å². The largest absolute Gasteiger partial charge is 0.458 e. The van der Waals surface area contributed by atoms with Crippen molar-refractivity contribution in [2.24, 2.45) is 5.92 Å². The van der Waals surface area contributed by atoms with E-state index in [0.29, 0.717) is 0 Å². The van der Waals surface area contributed by atoms with Crippen molar-refractivity contribution in [3.8, 4) is 0 Å². The molecule has 1 saturated heterocycles. The van der Waals surface area contributed by atoms with Crippen LogP contribution in [0.1, 0.15) is 54.4 Å². The van der Waals surface area contributed by atoms with E-state index in [0.717, 1.165) is 10.4 Å². The summed E-state index contributed by atoms with van der Waals surface area (Å²) in [6.45, 7) is 11.7. The number of nitrogens with one attached hydrogen (secondary N) is 1. The Morgan fingerprint density at radius 2 is 1.43 bits per heavy atom. The summed E-state index contributed by atoms with van der Waals surface area (Å²) < 4.78 is 12.1. The second kappa shape index (κ2) is 10.5. The monoisotopic (exact) mass is 495 g/mol. The average Bonchev–Trinajstić information content (AvgIpc) is 3.14. The molecular formula is C28H37NO5Si. The standard InChI is InChI=1S/C28H37NO5Si/c1-27(2,3)34-26(32)24-18-20(25(31)29-24)17-21(30)19-33-35(28(4,5)6,22-13-9-7-10-14-22)23-15-11-8-12-16-23/h7-16,20,24H,17-19H2,1-6H3,(H,29,31)/t20-,24+/m1/s1. The van der Waals surface area contributed by atoms with Crippen molar-refractivity contribution in [3.63, 3.8) is 0 Å². The Morgan fingerprint density at radius 1 is 0.914 bits per heavy atom. The quantitative estimate of drug-likeness (QED) is 0.449. The van der Waals surface area contributed by atoms with Gasteiger partial charge >= 0.3 is 5.97 Å². The summed E-state index contributed by atoms with van der Waals surface area (Å²) >= 11 is 0. The average molecular weight is 496 g/mol. The van der Waals surface area contributed by atoms with E-state index in [1.54, 1.807) is 20.8 Å². The van der Waals surface area contributed by atoms with Crippen molar-refractivity contribution in [1.82, 2.24) is 5.32 Å². The number of amides is 1. The highest BCUT2D eigenvalue weighted by molar-refractivity contribution is 6.99. The van der Waals surface area contributed by atoms with E-state index in [2.05, 4.69) is 50.4 Å². The maximum Gasteiger partial charge on any atom is 0.329 e. The Morgan fingerprint density at radius 3 is 1.89 bits per heavy atom. The first-order valence-corrected chi connectivity index (χ1v) is 14.0. The highest BCUT2D eigenvalue weighted by Crippen LogP contribution is 2.36. The second-order valence-electron chi connectivity index (χ2n) is 11.2. The van der Waals surface area contributed by atoms with Crippen LogP contribution in [0.2, 0.25) is 5.04 Å². The van der Waals surface area contributed by atoms with Crippen molar-refractivity contribution in [2.75, 3.05) is 6.61 Å². The zero-order valence-corrected chi connectivity index (χ0v) is 22.6. The van der Waals surface area contributed by atoms with Crippen LogP contribution in [0.3, 0.4) is 0 Å². The fourth-order valence-corrected chi connectivity index (χ4v) is 9.26. The predicted octanol–water partition coefficient (Wildman–Crippen LogP) is 3.37. The Labute approximate surface area is 209 Å². The third-order valence-electron chi connectivity index (χ3n) is 6.24. The first kappa shape index (κ1) is 26.8. The van der Waals surface area contributed by atoms with Gasteiger partial charge in [-0.1, -0.05) is 81.4 Å². The molecule has 2 aromatic carbocycles. The number of rotatable bonds is 8. The zero-order chi connectivity index (χ0) is 25.9. The molecule has 3 rings (SSSR count). The number of ether oxygens (including phenoxy) is 1. The van der Waals surface area contributed by atoms with Gasteiger partial charge in [-0.2, -0.15) is 0 Å². The van der Waals surface area contributed by atoms with Crippen LogP contribution in [0.15, 0.2) is 60.7 Å². The number of hydrogen-bond donors (Lipinski definition) is 1. The van der Waals surface area contributed by atoms with E-state index in [1.165, 1.54) is 0 Å². The van der Waals surface area contributed by atoms with Crippen LogP contribution in [-0.2, 0) is 23.5 Å². The molecule has 0 saturated carbocycles. The van der Waals surface area contributed by atoms with Gasteiger partial charge in [0.15, 0.2) is 5.78 Å². The predicted molar refractivity (Wildman–Crippen MR) is 139 cm³/mol. The molecule has 188 valence electrons. The molecule has 0 aliphatic carbocycles. The van der Waals surface area contributed by atoms with Crippen molar-refractivity contribution >= 4 is 36.4 Å². The molecule has 0 unspecified atom stereocenters. The van der Waals surface area contributed by atoms with Crippen LogP contribution in [0.25, 0.3) is 0 Å². The molecule has 2 aromatic rings. The maximum absolute atomic E-state index is 13.1. The lowest BCUT2D eigenvalue weighted by Gasteiger charge is -2.42. The maximum atomic E-state index is 13.1. The molecule has 0 aromatic heterocycles. The fourth-order valence-electron chi connectivity index (χ4n) is 4.73. The molecule has 1 aliphatic rings. The number of carbonyl (C=O) groups is 3. The number of Topliss-reactive ketones (excluding diaryl/α,β-unsaturated/α-hetero) is 1. The molecule has 2 atom stereocenters. The smallest absolute Gasteiger partial charge is 0.329 e. The summed E-state index contributed by atoms with van der Waals surface area (Å²) in [4.78, 5) is 38.0. The molecule has 0 radical (unpaired) electrons. The van der Waals surface area contributed by atoms with Crippen LogP contribution in [-0.4, -0.2) is 44.2 Å². The van der Waals surface area contributed by atoms with Gasteiger partial charge in [-0.25, -0.2) is 4.79 Å². The molecule has 1 fully saturated rings. The van der Waals surface area contributed by atoms with E-state index in [1.807, 2.05) is 36.4 Å². The molecule has 1 N–H and O–H groups in total. The first-order chi connectivity index (χ1) is 16.3. The fraction of sp³-hybridized carbons (Fsp3) is 0.464. The summed E-state index contributed by atoms with van der Waals surface area (Å²) in [6.07, 6.45) is 0.280. The van der Waals surface area contributed by atoms with Gasteiger partial charge in [-0.05, 0) is 42.6 Å². The van der Waals surface area contributed by atoms with Crippen LogP contribution in [0.4, 0.5) is 0 Å². The molecular weight excluding hydrogens is 458 g/mol. The lowest BCUT2D eigenvalue weighted by atomic mass is 9.99. The highest BCUT2D eigenvalue weighted by Gasteiger charge is 2.50. The van der Waals surface area contributed by atoms with Gasteiger partial charge < -0.3 is 14.5 Å². The van der Waals surface area contributed by atoms with Crippen LogP contribution in [0.5, 0.6) is 0 Å². The molecule has 0 bridgehead atoms. The minimum Gasteiger partial charge on any atom is -0.458 e. The van der Waals surface area contributed by atoms with Gasteiger partial charge in [-0.15, -0.1) is 0 Å². The van der Waals surface area contributed by atoms with Gasteiger partial charge in [0.05, 0.1) is 6.61 Å². The minimum absolute atomic E-state index is 0.0311. The van der Waals surface area contributed by atoms with Crippen molar-refractivity contribution in [2.45, 2.75) is 71.1 Å². The number of carbonyl (C=O) groups excluding carboxylic acids is 3. The normalized spacial score (nSPS) is 18.7. The molecule has 1 aliphatic heterocycles. The minimum atomic E-state index is -2.84. The van der Waals surface area contributed by atoms with E-state index in [-0.39, 0.29) is 36.2 Å². The zero-order valence-electron chi connectivity index (χ0n) is 21.6. The Hall–Kier alpha value is -2.77. The van der Waals surface area contributed by atoms with Crippen molar-refractivity contribution < 1.29 is 23.5 Å². The topological polar surface area (TPSA) is 81.7 Å². The lowest BCUT2D eigenvalue weighted by molar-refractivity contribution is -0.157. The Bertz CT molecular complexity index is 1000. The molecule has 6 nitrogen and oxygen atoms in total. The number of esters is 1. The van der Waals surface area contributed by atoms with Gasteiger partial charge in [0.25, 0.3) is 8.32 Å². The highest BCUT2D eigenvalue weighted by atomic mass is 28.4. The SMILES string of the molecule is CC(C)(C)OC(=O)[C@@H]1C[C@@H](CC(=O)CO[Si](c2ccccc2)(c2ccccc2)C(C)(C)C)C(=O)N1. The van der Waals surface area contributed by atoms with Gasteiger partial charge in [0.2, 0.25) is 5.91 Å². The van der Waals surface area contributed by atoms with Crippen LogP contribution >= 0.6 is 0 Å². The number of benzene rings is 2.